The summed E-state index contributed by atoms with van der Waals surface area (Å²) < 4.78 is 0. The van der Waals surface area contributed by atoms with E-state index in [2.05, 4.69) is 20.6 Å². The number of carbonyl (C=O) groups is 2. The third-order valence-electron chi connectivity index (χ3n) is 5.25. The molecule has 2 amide bonds. The van der Waals surface area contributed by atoms with Crippen molar-refractivity contribution < 1.29 is 9.59 Å². The molecule has 0 radical (unpaired) electrons. The van der Waals surface area contributed by atoms with E-state index in [0.717, 1.165) is 11.1 Å². The van der Waals surface area contributed by atoms with Crippen LogP contribution in [0.25, 0.3) is 0 Å². The molecule has 0 saturated carbocycles. The van der Waals surface area contributed by atoms with Gasteiger partial charge in [0.05, 0.1) is 12.1 Å². The Bertz CT molecular complexity index is 1150. The second kappa shape index (κ2) is 10.9. The van der Waals surface area contributed by atoms with Gasteiger partial charge in [0, 0.05) is 46.0 Å². The highest BCUT2D eigenvalue weighted by atomic mass is 35.5. The summed E-state index contributed by atoms with van der Waals surface area (Å²) in [6, 6.07) is 19.2. The fourth-order valence-corrected chi connectivity index (χ4v) is 3.76. The Morgan fingerprint density at radius 3 is 1.21 bits per heavy atom. The molecule has 0 aliphatic heterocycles. The first kappa shape index (κ1) is 23.4. The van der Waals surface area contributed by atoms with Crippen LogP contribution in [0.4, 0.5) is 0 Å². The molecule has 0 spiro atoms. The zero-order valence-corrected chi connectivity index (χ0v) is 19.4. The number of benzene rings is 2. The minimum absolute atomic E-state index is 0.307. The maximum atomic E-state index is 13.2. The number of nitrogens with one attached hydrogen (secondary N) is 2. The minimum atomic E-state index is -0.607. The maximum absolute atomic E-state index is 13.2. The van der Waals surface area contributed by atoms with Crippen LogP contribution in [0.5, 0.6) is 0 Å². The average molecular weight is 491 g/mol. The molecule has 4 rings (SSSR count). The number of halogens is 2. The molecule has 0 saturated heterocycles. The zero-order chi connectivity index (χ0) is 23.9. The number of nitrogens with zero attached hydrogens (tertiary/aromatic N) is 2. The topological polar surface area (TPSA) is 84.0 Å². The zero-order valence-electron chi connectivity index (χ0n) is 17.9. The summed E-state index contributed by atoms with van der Waals surface area (Å²) in [6.45, 7) is 0. The molecule has 2 N–H and O–H groups in total. The van der Waals surface area contributed by atoms with Crippen molar-refractivity contribution >= 4 is 35.0 Å². The highest BCUT2D eigenvalue weighted by molar-refractivity contribution is 6.31. The number of hydrogen-bond donors (Lipinski definition) is 2. The third-order valence-corrected chi connectivity index (χ3v) is 5.75. The first-order chi connectivity index (χ1) is 16.5. The van der Waals surface area contributed by atoms with Gasteiger partial charge in [-0.05, 0) is 83.9 Å². The molecule has 2 aromatic heterocycles. The van der Waals surface area contributed by atoms with Gasteiger partial charge in [0.2, 0.25) is 0 Å². The Kier molecular flexibility index (Phi) is 7.52. The maximum Gasteiger partial charge on any atom is 0.251 e. The van der Waals surface area contributed by atoms with Crippen molar-refractivity contribution in [2.45, 2.75) is 12.1 Å². The Hall–Kier alpha value is -3.74. The summed E-state index contributed by atoms with van der Waals surface area (Å²) in [5.41, 5.74) is 2.44. The lowest BCUT2D eigenvalue weighted by Crippen LogP contribution is -2.40. The number of carbonyl (C=O) groups excluding carboxylic acids is 2. The van der Waals surface area contributed by atoms with Crippen molar-refractivity contribution in [1.82, 2.24) is 20.6 Å². The van der Waals surface area contributed by atoms with Gasteiger partial charge >= 0.3 is 0 Å². The summed E-state index contributed by atoms with van der Waals surface area (Å²) in [4.78, 5) is 34.5. The van der Waals surface area contributed by atoms with Crippen LogP contribution < -0.4 is 10.6 Å². The standard InChI is InChI=1S/C26H20Cl2N4O2/c27-21-5-1-19(2-6-21)25(33)31-23(17-9-13-29-14-10-17)24(18-11-15-30-16-12-18)32-26(34)20-3-7-22(28)8-4-20/h1-16,23-24H,(H,31,33)(H,32,34). The Morgan fingerprint density at radius 1 is 0.559 bits per heavy atom. The van der Waals surface area contributed by atoms with Crippen molar-refractivity contribution in [3.63, 3.8) is 0 Å². The highest BCUT2D eigenvalue weighted by Crippen LogP contribution is 2.29. The lowest BCUT2D eigenvalue weighted by molar-refractivity contribution is 0.0881. The first-order valence-corrected chi connectivity index (χ1v) is 11.2. The molecule has 34 heavy (non-hydrogen) atoms. The molecule has 4 aromatic rings. The van der Waals surface area contributed by atoms with Crippen LogP contribution in [-0.2, 0) is 0 Å². The lowest BCUT2D eigenvalue weighted by Gasteiger charge is -2.30. The predicted octanol–water partition coefficient (Wildman–Crippen LogP) is 5.43. The van der Waals surface area contributed by atoms with Gasteiger partial charge in [0.15, 0.2) is 0 Å². The Balaban J connectivity index is 1.71. The van der Waals surface area contributed by atoms with Gasteiger partial charge in [-0.1, -0.05) is 23.2 Å². The van der Waals surface area contributed by atoms with Gasteiger partial charge in [-0.25, -0.2) is 0 Å². The molecule has 6 nitrogen and oxygen atoms in total. The van der Waals surface area contributed by atoms with Crippen molar-refractivity contribution in [3.05, 3.63) is 130 Å². The minimum Gasteiger partial charge on any atom is -0.343 e. The molecule has 8 heteroatoms. The largest absolute Gasteiger partial charge is 0.343 e. The number of hydrogen-bond acceptors (Lipinski definition) is 4. The normalized spacial score (nSPS) is 12.4. The molecule has 0 aliphatic rings. The van der Waals surface area contributed by atoms with Crippen molar-refractivity contribution in [2.75, 3.05) is 0 Å². The lowest BCUT2D eigenvalue weighted by atomic mass is 9.93. The van der Waals surface area contributed by atoms with Crippen LogP contribution in [0.15, 0.2) is 97.6 Å². The van der Waals surface area contributed by atoms with Crippen molar-refractivity contribution in [1.29, 1.82) is 0 Å². The van der Waals surface area contributed by atoms with E-state index < -0.39 is 12.1 Å². The SMILES string of the molecule is O=C(NC(c1ccncc1)C(NC(=O)c1ccc(Cl)cc1)c1ccncc1)c1ccc(Cl)cc1. The van der Waals surface area contributed by atoms with Gasteiger partial charge in [0.1, 0.15) is 0 Å². The molecule has 0 bridgehead atoms. The second-order valence-electron chi connectivity index (χ2n) is 7.48. The smallest absolute Gasteiger partial charge is 0.251 e. The number of amides is 2. The van der Waals surface area contributed by atoms with Gasteiger partial charge in [-0.3, -0.25) is 19.6 Å². The van der Waals surface area contributed by atoms with Crippen LogP contribution in [-0.4, -0.2) is 21.8 Å². The van der Waals surface area contributed by atoms with Crippen LogP contribution in [0, 0.1) is 0 Å². The van der Waals surface area contributed by atoms with E-state index in [0.29, 0.717) is 21.2 Å². The van der Waals surface area contributed by atoms with Crippen LogP contribution in [0.3, 0.4) is 0 Å². The third kappa shape index (κ3) is 5.78. The van der Waals surface area contributed by atoms with Gasteiger partial charge in [-0.15, -0.1) is 0 Å². The Labute approximate surface area is 207 Å². The van der Waals surface area contributed by atoms with Crippen LogP contribution in [0.2, 0.25) is 10.0 Å². The van der Waals surface area contributed by atoms with Gasteiger partial charge in [0.25, 0.3) is 11.8 Å². The molecule has 2 heterocycles. The molecule has 0 fully saturated rings. The molecule has 2 unspecified atom stereocenters. The fraction of sp³-hybridized carbons (Fsp3) is 0.0769. The van der Waals surface area contributed by atoms with E-state index in [-0.39, 0.29) is 11.8 Å². The van der Waals surface area contributed by atoms with Crippen LogP contribution in [0.1, 0.15) is 43.9 Å². The summed E-state index contributed by atoms with van der Waals surface area (Å²) >= 11 is 11.9. The Morgan fingerprint density at radius 2 is 0.882 bits per heavy atom. The molecule has 0 aliphatic carbocycles. The van der Waals surface area contributed by atoms with E-state index in [1.54, 1.807) is 97.6 Å². The van der Waals surface area contributed by atoms with Crippen LogP contribution >= 0.6 is 23.2 Å². The first-order valence-electron chi connectivity index (χ1n) is 10.4. The predicted molar refractivity (Wildman–Crippen MR) is 132 cm³/mol. The quantitative estimate of drug-likeness (QED) is 0.361. The monoisotopic (exact) mass is 490 g/mol. The van der Waals surface area contributed by atoms with E-state index in [1.165, 1.54) is 0 Å². The van der Waals surface area contributed by atoms with Crippen molar-refractivity contribution in [2.24, 2.45) is 0 Å². The second-order valence-corrected chi connectivity index (χ2v) is 8.35. The number of rotatable bonds is 7. The van der Waals surface area contributed by atoms with E-state index in [4.69, 9.17) is 23.2 Å². The van der Waals surface area contributed by atoms with Gasteiger partial charge in [-0.2, -0.15) is 0 Å². The summed E-state index contributed by atoms with van der Waals surface area (Å²) in [6.07, 6.45) is 6.56. The van der Waals surface area contributed by atoms with E-state index >= 15 is 0 Å². The summed E-state index contributed by atoms with van der Waals surface area (Å²) in [5.74, 6) is -0.614. The molecule has 170 valence electrons. The molecular weight excluding hydrogens is 471 g/mol. The number of pyridine rings is 2. The molecular formula is C26H20Cl2N4O2. The summed E-state index contributed by atoms with van der Waals surface area (Å²) in [5, 5.41) is 7.20. The summed E-state index contributed by atoms with van der Waals surface area (Å²) in [7, 11) is 0. The van der Waals surface area contributed by atoms with Gasteiger partial charge < -0.3 is 10.6 Å². The van der Waals surface area contributed by atoms with E-state index in [1.807, 2.05) is 0 Å². The van der Waals surface area contributed by atoms with Crippen molar-refractivity contribution in [3.8, 4) is 0 Å². The molecule has 2 aromatic carbocycles. The average Bonchev–Trinajstić information content (AvgIpc) is 2.87. The van der Waals surface area contributed by atoms with E-state index in [9.17, 15) is 9.59 Å². The fourth-order valence-electron chi connectivity index (χ4n) is 3.51. The highest BCUT2D eigenvalue weighted by Gasteiger charge is 2.29. The number of aromatic nitrogens is 2. The molecule has 2 atom stereocenters.